The summed E-state index contributed by atoms with van der Waals surface area (Å²) in [5.41, 5.74) is 5.20. The average Bonchev–Trinajstić information content (AvgIpc) is 2.36. The quantitative estimate of drug-likeness (QED) is 0.877. The third-order valence-electron chi connectivity index (χ3n) is 2.44. The van der Waals surface area contributed by atoms with Gasteiger partial charge in [0.05, 0.1) is 0 Å². The van der Waals surface area contributed by atoms with Crippen molar-refractivity contribution in [3.63, 3.8) is 0 Å². The molecule has 0 saturated heterocycles. The summed E-state index contributed by atoms with van der Waals surface area (Å²) in [6.07, 6.45) is 1.31. The van der Waals surface area contributed by atoms with E-state index in [9.17, 15) is 4.39 Å². The van der Waals surface area contributed by atoms with Crippen molar-refractivity contribution in [3.05, 3.63) is 54.4 Å². The molecule has 0 aliphatic carbocycles. The lowest BCUT2D eigenvalue weighted by Gasteiger charge is -2.06. The van der Waals surface area contributed by atoms with Crippen LogP contribution in [0.4, 0.5) is 4.39 Å². The van der Waals surface area contributed by atoms with Crippen LogP contribution in [0.15, 0.2) is 54.4 Å². The molecule has 0 atom stereocenters. The lowest BCUT2D eigenvalue weighted by Crippen LogP contribution is -2.01. The molecule has 3 heteroatoms. The first-order valence-corrected chi connectivity index (χ1v) is 5.46. The second kappa shape index (κ2) is 5.46. The summed E-state index contributed by atoms with van der Waals surface area (Å²) in [7, 11) is 0. The highest BCUT2D eigenvalue weighted by Crippen LogP contribution is 2.20. The molecule has 17 heavy (non-hydrogen) atoms. The molecule has 2 aromatic carbocycles. The maximum atomic E-state index is 13.1. The van der Waals surface area contributed by atoms with Crippen molar-refractivity contribution in [2.45, 2.75) is 0 Å². The topological polar surface area (TPSA) is 35.2 Å². The van der Waals surface area contributed by atoms with E-state index in [2.05, 4.69) is 0 Å². The predicted molar refractivity (Wildman–Crippen MR) is 67.7 cm³/mol. The van der Waals surface area contributed by atoms with Gasteiger partial charge in [-0.3, -0.25) is 0 Å². The normalized spacial score (nSPS) is 11.8. The van der Waals surface area contributed by atoms with Gasteiger partial charge in [-0.05, 0) is 29.0 Å². The minimum absolute atomic E-state index is 0.0739. The van der Waals surface area contributed by atoms with Crippen molar-refractivity contribution in [1.82, 2.24) is 0 Å². The summed E-state index contributed by atoms with van der Waals surface area (Å²) in [6, 6.07) is 13.6. The number of benzene rings is 2. The highest BCUT2D eigenvalue weighted by Gasteiger charge is 1.99. The molecule has 2 rings (SSSR count). The zero-order valence-electron chi connectivity index (χ0n) is 9.40. The zero-order chi connectivity index (χ0) is 12.1. The molecule has 0 aliphatic rings. The van der Waals surface area contributed by atoms with Crippen LogP contribution in [0.25, 0.3) is 10.8 Å². The van der Waals surface area contributed by atoms with Gasteiger partial charge in [-0.15, -0.1) is 0 Å². The molecule has 0 saturated carbocycles. The molecule has 0 amide bonds. The van der Waals surface area contributed by atoms with Gasteiger partial charge in [-0.25, -0.2) is 4.39 Å². The van der Waals surface area contributed by atoms with E-state index in [1.807, 2.05) is 42.5 Å². The van der Waals surface area contributed by atoms with Crippen LogP contribution in [0.5, 0.6) is 5.75 Å². The van der Waals surface area contributed by atoms with E-state index in [0.29, 0.717) is 5.75 Å². The number of hydrogen-bond donors (Lipinski definition) is 1. The van der Waals surface area contributed by atoms with E-state index in [-0.39, 0.29) is 19.0 Å². The van der Waals surface area contributed by atoms with Crippen LogP contribution in [0.1, 0.15) is 0 Å². The van der Waals surface area contributed by atoms with Gasteiger partial charge in [0.2, 0.25) is 0 Å². The molecule has 88 valence electrons. The Balaban J connectivity index is 2.12. The van der Waals surface area contributed by atoms with E-state index in [4.69, 9.17) is 10.5 Å². The Hall–Kier alpha value is -1.87. The Morgan fingerprint density at radius 3 is 2.71 bits per heavy atom. The Bertz CT molecular complexity index is 536. The monoisotopic (exact) mass is 231 g/mol. The number of hydrogen-bond acceptors (Lipinski definition) is 2. The van der Waals surface area contributed by atoms with Crippen molar-refractivity contribution in [1.29, 1.82) is 0 Å². The van der Waals surface area contributed by atoms with Crippen LogP contribution in [0.3, 0.4) is 0 Å². The third kappa shape index (κ3) is 3.04. The minimum atomic E-state index is -0.347. The van der Waals surface area contributed by atoms with Gasteiger partial charge in [-0.2, -0.15) is 0 Å². The number of ether oxygens (including phenoxy) is 1. The second-order valence-corrected chi connectivity index (χ2v) is 3.68. The molecular formula is C14H14FNO. The number of fused-ring (bicyclic) bond motifs is 1. The lowest BCUT2D eigenvalue weighted by atomic mass is 10.1. The summed E-state index contributed by atoms with van der Waals surface area (Å²) < 4.78 is 18.4. The Labute approximate surface area is 99.5 Å². The van der Waals surface area contributed by atoms with Crippen LogP contribution in [-0.2, 0) is 0 Å². The van der Waals surface area contributed by atoms with Crippen LogP contribution < -0.4 is 10.5 Å². The molecule has 2 N–H and O–H groups in total. The van der Waals surface area contributed by atoms with Crippen LogP contribution >= 0.6 is 0 Å². The van der Waals surface area contributed by atoms with Gasteiger partial charge in [0.15, 0.2) is 0 Å². The maximum absolute atomic E-state index is 13.1. The molecule has 0 aliphatic heterocycles. The van der Waals surface area contributed by atoms with E-state index >= 15 is 0 Å². The molecule has 0 spiro atoms. The SMILES string of the molecule is NCC=C(F)COc1ccc2ccccc2c1. The summed E-state index contributed by atoms with van der Waals surface area (Å²) in [5.74, 6) is 0.310. The fourth-order valence-corrected chi connectivity index (χ4v) is 1.60. The fourth-order valence-electron chi connectivity index (χ4n) is 1.60. The molecule has 0 heterocycles. The summed E-state index contributed by atoms with van der Waals surface area (Å²) in [4.78, 5) is 0. The first kappa shape index (κ1) is 11.6. The smallest absolute Gasteiger partial charge is 0.139 e. The van der Waals surface area contributed by atoms with Crippen molar-refractivity contribution in [2.75, 3.05) is 13.2 Å². The van der Waals surface area contributed by atoms with Crippen molar-refractivity contribution in [3.8, 4) is 5.75 Å². The lowest BCUT2D eigenvalue weighted by molar-refractivity contribution is 0.318. The molecule has 0 radical (unpaired) electrons. The van der Waals surface area contributed by atoms with Gasteiger partial charge in [0.1, 0.15) is 18.2 Å². The molecule has 0 unspecified atom stereocenters. The van der Waals surface area contributed by atoms with Gasteiger partial charge in [0, 0.05) is 6.54 Å². The van der Waals surface area contributed by atoms with Crippen molar-refractivity contribution >= 4 is 10.8 Å². The Morgan fingerprint density at radius 2 is 1.94 bits per heavy atom. The maximum Gasteiger partial charge on any atom is 0.139 e. The number of rotatable bonds is 4. The predicted octanol–water partition coefficient (Wildman–Crippen LogP) is 3.03. The molecule has 0 fully saturated rings. The van der Waals surface area contributed by atoms with Crippen LogP contribution in [0, 0.1) is 0 Å². The highest BCUT2D eigenvalue weighted by molar-refractivity contribution is 5.83. The zero-order valence-corrected chi connectivity index (χ0v) is 9.40. The first-order chi connectivity index (χ1) is 8.29. The van der Waals surface area contributed by atoms with Gasteiger partial charge in [0.25, 0.3) is 0 Å². The molecule has 0 aromatic heterocycles. The summed E-state index contributed by atoms with van der Waals surface area (Å²) >= 11 is 0. The fraction of sp³-hybridized carbons (Fsp3) is 0.143. The van der Waals surface area contributed by atoms with Crippen LogP contribution in [-0.4, -0.2) is 13.2 Å². The van der Waals surface area contributed by atoms with E-state index in [1.54, 1.807) is 0 Å². The largest absolute Gasteiger partial charge is 0.486 e. The summed E-state index contributed by atoms with van der Waals surface area (Å²) in [6.45, 7) is 0.114. The number of halogens is 1. The standard InChI is InChI=1S/C14H14FNO/c15-13(7-8-16)10-17-14-6-5-11-3-1-2-4-12(11)9-14/h1-7,9H,8,10,16H2. The second-order valence-electron chi connectivity index (χ2n) is 3.68. The highest BCUT2D eigenvalue weighted by atomic mass is 19.1. The van der Waals surface area contributed by atoms with Gasteiger partial charge >= 0.3 is 0 Å². The molecular weight excluding hydrogens is 217 g/mol. The van der Waals surface area contributed by atoms with Crippen molar-refractivity contribution < 1.29 is 9.13 Å². The third-order valence-corrected chi connectivity index (χ3v) is 2.44. The Morgan fingerprint density at radius 1 is 1.18 bits per heavy atom. The van der Waals surface area contributed by atoms with Crippen molar-refractivity contribution in [2.24, 2.45) is 5.73 Å². The summed E-state index contributed by atoms with van der Waals surface area (Å²) in [5, 5.41) is 2.21. The molecule has 2 aromatic rings. The van der Waals surface area contributed by atoms with E-state index < -0.39 is 0 Å². The van der Waals surface area contributed by atoms with Gasteiger partial charge < -0.3 is 10.5 Å². The minimum Gasteiger partial charge on any atom is -0.486 e. The van der Waals surface area contributed by atoms with E-state index in [0.717, 1.165) is 10.8 Å². The number of nitrogens with two attached hydrogens (primary N) is 1. The van der Waals surface area contributed by atoms with Gasteiger partial charge in [-0.1, -0.05) is 30.3 Å². The van der Waals surface area contributed by atoms with E-state index in [1.165, 1.54) is 6.08 Å². The average molecular weight is 231 g/mol. The van der Waals surface area contributed by atoms with Crippen LogP contribution in [0.2, 0.25) is 0 Å². The first-order valence-electron chi connectivity index (χ1n) is 5.46. The molecule has 0 bridgehead atoms. The Kier molecular flexibility index (Phi) is 3.73. The molecule has 2 nitrogen and oxygen atoms in total.